The van der Waals surface area contributed by atoms with E-state index in [9.17, 15) is 9.59 Å². The third kappa shape index (κ3) is 4.23. The van der Waals surface area contributed by atoms with E-state index in [1.807, 2.05) is 13.0 Å². The van der Waals surface area contributed by atoms with Crippen LogP contribution in [-0.4, -0.2) is 33.0 Å². The molecule has 0 radical (unpaired) electrons. The molecule has 1 aromatic heterocycles. The maximum absolute atomic E-state index is 12.2. The normalized spacial score (nSPS) is 20.1. The average Bonchev–Trinajstić information content (AvgIpc) is 3.03. The van der Waals surface area contributed by atoms with Crippen molar-refractivity contribution in [3.8, 4) is 11.4 Å². The van der Waals surface area contributed by atoms with Gasteiger partial charge in [0, 0.05) is 17.3 Å². The van der Waals surface area contributed by atoms with Crippen molar-refractivity contribution in [2.45, 2.75) is 45.6 Å². The second kappa shape index (κ2) is 7.46. The maximum atomic E-state index is 12.2. The van der Waals surface area contributed by atoms with Crippen LogP contribution >= 0.6 is 0 Å². The number of benzene rings is 1. The van der Waals surface area contributed by atoms with Crippen LogP contribution in [0.5, 0.6) is 0 Å². The minimum absolute atomic E-state index is 0.0783. The second-order valence-corrected chi connectivity index (χ2v) is 6.62. The third-order valence-electron chi connectivity index (χ3n) is 4.61. The molecule has 25 heavy (non-hydrogen) atoms. The van der Waals surface area contributed by atoms with Crippen LogP contribution in [0.1, 0.15) is 38.4 Å². The highest BCUT2D eigenvalue weighted by Crippen LogP contribution is 2.24. The number of anilines is 1. The van der Waals surface area contributed by atoms with Gasteiger partial charge in [0.05, 0.1) is 0 Å². The van der Waals surface area contributed by atoms with Gasteiger partial charge in [-0.15, -0.1) is 0 Å². The molecule has 1 heterocycles. The van der Waals surface area contributed by atoms with Crippen molar-refractivity contribution in [1.29, 1.82) is 0 Å². The number of aromatic amines is 1. The van der Waals surface area contributed by atoms with Crippen molar-refractivity contribution in [3.05, 3.63) is 30.1 Å². The van der Waals surface area contributed by atoms with Crippen molar-refractivity contribution >= 4 is 17.5 Å². The molecule has 1 aliphatic carbocycles. The van der Waals surface area contributed by atoms with E-state index < -0.39 is 11.8 Å². The summed E-state index contributed by atoms with van der Waals surface area (Å²) in [6, 6.07) is 7.20. The van der Waals surface area contributed by atoms with Crippen molar-refractivity contribution in [3.63, 3.8) is 0 Å². The molecule has 0 unspecified atom stereocenters. The standard InChI is InChI=1S/C18H23N5O2/c1-11-6-3-4-9-15(11)21-18(25)17(24)20-14-8-5-7-13(10-14)16-19-12(2)22-23-16/h5,7-8,10-11,15H,3-4,6,9H2,1-2H3,(H,20,24)(H,21,25)(H,19,22,23)/t11-,15-/m1/s1. The van der Waals surface area contributed by atoms with Gasteiger partial charge in [-0.3, -0.25) is 14.7 Å². The summed E-state index contributed by atoms with van der Waals surface area (Å²) in [4.78, 5) is 28.6. The van der Waals surface area contributed by atoms with Gasteiger partial charge in [0.2, 0.25) is 0 Å². The Morgan fingerprint density at radius 2 is 2.00 bits per heavy atom. The molecule has 1 saturated carbocycles. The van der Waals surface area contributed by atoms with E-state index in [1.165, 1.54) is 6.42 Å². The molecular weight excluding hydrogens is 318 g/mol. The molecule has 7 heteroatoms. The Bertz CT molecular complexity index is 770. The minimum Gasteiger partial charge on any atom is -0.345 e. The largest absolute Gasteiger partial charge is 0.345 e. The first-order chi connectivity index (χ1) is 12.0. The number of hydrogen-bond donors (Lipinski definition) is 3. The lowest BCUT2D eigenvalue weighted by atomic mass is 9.86. The van der Waals surface area contributed by atoms with Crippen LogP contribution in [0.4, 0.5) is 5.69 Å². The Kier molecular flexibility index (Phi) is 5.11. The molecule has 3 rings (SSSR count). The summed E-state index contributed by atoms with van der Waals surface area (Å²) < 4.78 is 0. The first kappa shape index (κ1) is 17.1. The fourth-order valence-corrected chi connectivity index (χ4v) is 3.16. The third-order valence-corrected chi connectivity index (χ3v) is 4.61. The molecule has 2 aromatic rings. The Labute approximate surface area is 146 Å². The zero-order valence-corrected chi connectivity index (χ0v) is 14.5. The summed E-state index contributed by atoms with van der Waals surface area (Å²) in [6.45, 7) is 3.93. The van der Waals surface area contributed by atoms with Crippen LogP contribution < -0.4 is 10.6 Å². The lowest BCUT2D eigenvalue weighted by Crippen LogP contribution is -2.45. The zero-order chi connectivity index (χ0) is 17.8. The summed E-state index contributed by atoms with van der Waals surface area (Å²) in [7, 11) is 0. The van der Waals surface area contributed by atoms with E-state index >= 15 is 0 Å². The molecule has 0 spiro atoms. The van der Waals surface area contributed by atoms with E-state index in [0.29, 0.717) is 23.3 Å². The molecule has 0 aliphatic heterocycles. The Morgan fingerprint density at radius 1 is 1.20 bits per heavy atom. The first-order valence-electron chi connectivity index (χ1n) is 8.64. The molecule has 132 valence electrons. The van der Waals surface area contributed by atoms with E-state index in [4.69, 9.17) is 0 Å². The molecule has 3 N–H and O–H groups in total. The van der Waals surface area contributed by atoms with Crippen LogP contribution in [0.2, 0.25) is 0 Å². The topological polar surface area (TPSA) is 99.8 Å². The monoisotopic (exact) mass is 341 g/mol. The second-order valence-electron chi connectivity index (χ2n) is 6.62. The average molecular weight is 341 g/mol. The predicted molar refractivity (Wildman–Crippen MR) is 94.7 cm³/mol. The smallest absolute Gasteiger partial charge is 0.313 e. The van der Waals surface area contributed by atoms with Gasteiger partial charge < -0.3 is 10.6 Å². The molecule has 0 bridgehead atoms. The van der Waals surface area contributed by atoms with Gasteiger partial charge in [-0.25, -0.2) is 4.98 Å². The summed E-state index contributed by atoms with van der Waals surface area (Å²) in [6.07, 6.45) is 4.30. The molecule has 1 fully saturated rings. The predicted octanol–water partition coefficient (Wildman–Crippen LogP) is 2.41. The summed E-state index contributed by atoms with van der Waals surface area (Å²) in [5.41, 5.74) is 1.31. The van der Waals surface area contributed by atoms with Crippen molar-refractivity contribution in [2.24, 2.45) is 5.92 Å². The van der Waals surface area contributed by atoms with E-state index in [1.54, 1.807) is 18.2 Å². The van der Waals surface area contributed by atoms with E-state index in [-0.39, 0.29) is 6.04 Å². The summed E-state index contributed by atoms with van der Waals surface area (Å²) >= 11 is 0. The quantitative estimate of drug-likeness (QED) is 0.746. The number of rotatable bonds is 3. The number of H-pyrrole nitrogens is 1. The molecule has 1 aliphatic rings. The maximum Gasteiger partial charge on any atom is 0.313 e. The van der Waals surface area contributed by atoms with Crippen molar-refractivity contribution in [2.75, 3.05) is 5.32 Å². The lowest BCUT2D eigenvalue weighted by Gasteiger charge is -2.29. The number of nitrogens with one attached hydrogen (secondary N) is 3. The Balaban J connectivity index is 1.63. The van der Waals surface area contributed by atoms with Gasteiger partial charge in [0.25, 0.3) is 0 Å². The van der Waals surface area contributed by atoms with Gasteiger partial charge in [-0.2, -0.15) is 5.10 Å². The highest BCUT2D eigenvalue weighted by molar-refractivity contribution is 6.39. The lowest BCUT2D eigenvalue weighted by molar-refractivity contribution is -0.137. The number of aryl methyl sites for hydroxylation is 1. The van der Waals surface area contributed by atoms with Crippen LogP contribution in [0, 0.1) is 12.8 Å². The van der Waals surface area contributed by atoms with Crippen LogP contribution in [0.15, 0.2) is 24.3 Å². The highest BCUT2D eigenvalue weighted by atomic mass is 16.2. The number of nitrogens with zero attached hydrogens (tertiary/aromatic N) is 2. The summed E-state index contributed by atoms with van der Waals surface area (Å²) in [5.74, 6) is 0.432. The van der Waals surface area contributed by atoms with Crippen LogP contribution in [-0.2, 0) is 9.59 Å². The molecule has 1 aromatic carbocycles. The zero-order valence-electron chi connectivity index (χ0n) is 14.5. The van der Waals surface area contributed by atoms with Gasteiger partial charge in [-0.05, 0) is 37.8 Å². The van der Waals surface area contributed by atoms with Crippen molar-refractivity contribution in [1.82, 2.24) is 20.5 Å². The SMILES string of the molecule is Cc1nc(-c2cccc(NC(=O)C(=O)N[C@@H]3CCCC[C@H]3C)c2)n[nH]1. The number of aromatic nitrogens is 3. The molecule has 0 saturated heterocycles. The fraction of sp³-hybridized carbons (Fsp3) is 0.444. The molecule has 2 amide bonds. The van der Waals surface area contributed by atoms with Crippen molar-refractivity contribution < 1.29 is 9.59 Å². The number of hydrogen-bond acceptors (Lipinski definition) is 4. The van der Waals surface area contributed by atoms with Crippen LogP contribution in [0.3, 0.4) is 0 Å². The number of carbonyl (C=O) groups excluding carboxylic acids is 2. The number of amides is 2. The minimum atomic E-state index is -0.652. The van der Waals surface area contributed by atoms with Gasteiger partial charge in [0.15, 0.2) is 5.82 Å². The first-order valence-corrected chi connectivity index (χ1v) is 8.64. The Hall–Kier alpha value is -2.70. The van der Waals surface area contributed by atoms with Gasteiger partial charge in [-0.1, -0.05) is 31.9 Å². The molecule has 2 atom stereocenters. The fourth-order valence-electron chi connectivity index (χ4n) is 3.16. The van der Waals surface area contributed by atoms with Gasteiger partial charge in [0.1, 0.15) is 5.82 Å². The van der Waals surface area contributed by atoms with Gasteiger partial charge >= 0.3 is 11.8 Å². The number of carbonyl (C=O) groups is 2. The molecular formula is C18H23N5O2. The van der Waals surface area contributed by atoms with E-state index in [0.717, 1.165) is 24.8 Å². The molecule has 7 nitrogen and oxygen atoms in total. The summed E-state index contributed by atoms with van der Waals surface area (Å²) in [5, 5.41) is 12.4. The van der Waals surface area contributed by atoms with E-state index in [2.05, 4.69) is 32.7 Å². The Morgan fingerprint density at radius 3 is 2.72 bits per heavy atom. The highest BCUT2D eigenvalue weighted by Gasteiger charge is 2.25. The van der Waals surface area contributed by atoms with Crippen LogP contribution in [0.25, 0.3) is 11.4 Å².